The molecule has 0 amide bonds. The van der Waals surface area contributed by atoms with Crippen molar-refractivity contribution in [1.29, 1.82) is 0 Å². The number of esters is 4. The number of fused-ring (bicyclic) bond motifs is 3. The van der Waals surface area contributed by atoms with Crippen LogP contribution in [0.15, 0.2) is 46.8 Å². The molecule has 16 nitrogen and oxygen atoms in total. The van der Waals surface area contributed by atoms with Gasteiger partial charge in [0.05, 0.1) is 50.1 Å². The maximum absolute atomic E-state index is 14.1. The molecule has 1 aromatic rings. The fourth-order valence-electron chi connectivity index (χ4n) is 10.1. The zero-order valence-electron chi connectivity index (χ0n) is 34.0. The minimum absolute atomic E-state index is 0.0825. The molecular weight excluding hydrogens is 748 g/mol. The third-order valence-corrected chi connectivity index (χ3v) is 13.6. The molecule has 0 aromatic carbocycles. The van der Waals surface area contributed by atoms with Crippen LogP contribution >= 0.6 is 0 Å². The van der Waals surface area contributed by atoms with Crippen molar-refractivity contribution in [3.8, 4) is 0 Å². The Hall–Kier alpha value is -4.09. The van der Waals surface area contributed by atoms with E-state index in [0.717, 1.165) is 6.92 Å². The second-order valence-corrected chi connectivity index (χ2v) is 16.6. The van der Waals surface area contributed by atoms with Crippen LogP contribution in [-0.2, 0) is 57.1 Å². The topological polar surface area (TPSA) is 224 Å². The Morgan fingerprint density at radius 2 is 1.77 bits per heavy atom. The normalized spacial score (nSPS) is 39.9. The molecule has 4 fully saturated rings. The van der Waals surface area contributed by atoms with Crippen molar-refractivity contribution < 1.29 is 76.9 Å². The molecule has 2 aliphatic carbocycles. The van der Waals surface area contributed by atoms with E-state index in [0.29, 0.717) is 12.0 Å². The molecule has 0 spiro atoms. The second-order valence-electron chi connectivity index (χ2n) is 16.6. The van der Waals surface area contributed by atoms with E-state index in [1.165, 1.54) is 32.6 Å². The van der Waals surface area contributed by atoms with Crippen molar-refractivity contribution in [1.82, 2.24) is 0 Å². The first-order valence-electron chi connectivity index (χ1n) is 19.2. The number of hydrogen-bond acceptors (Lipinski definition) is 16. The molecule has 3 N–H and O–H groups in total. The number of methoxy groups -OCH3 is 1. The standard InChI is InChI=1S/C41H56O16/c1-11-21(3)32(45)36(47)56-34-33(52-20-42)31(38(8)27(16-30(44)50-10)37(7)19-53-40(48,57-37)17-29(38)54-24(6)43)23(5)41(49)28(55-35(46)22(4)12-2)15-26(39(34,41)9)25-13-14-51-18-25/h12-14,18,20-21,26-29,31-34,45,48-49H,5,11,15-17,19H2,1-4,6-10H3/b22-12+/t21-,26+,27+,28-,29+,31-,32-,33-,34+,37-,38-,39-,40+,41-/m1/s1. The van der Waals surface area contributed by atoms with Crippen LogP contribution in [0, 0.1) is 28.6 Å². The molecule has 1 aromatic heterocycles. The molecule has 14 atom stereocenters. The van der Waals surface area contributed by atoms with E-state index in [4.69, 9.17) is 37.6 Å². The lowest BCUT2D eigenvalue weighted by atomic mass is 9.46. The van der Waals surface area contributed by atoms with Crippen molar-refractivity contribution in [2.45, 2.75) is 135 Å². The lowest BCUT2D eigenvalue weighted by molar-refractivity contribution is -0.328. The largest absolute Gasteiger partial charge is 0.472 e. The van der Waals surface area contributed by atoms with Gasteiger partial charge in [-0.1, -0.05) is 46.8 Å². The quantitative estimate of drug-likeness (QED) is 0.0854. The minimum atomic E-state index is -2.36. The van der Waals surface area contributed by atoms with E-state index in [9.17, 15) is 39.3 Å². The first kappa shape index (κ1) is 44.0. The van der Waals surface area contributed by atoms with Crippen LogP contribution in [0.2, 0.25) is 0 Å². The van der Waals surface area contributed by atoms with Crippen molar-refractivity contribution >= 4 is 30.3 Å². The van der Waals surface area contributed by atoms with E-state index < -0.39 is 119 Å². The van der Waals surface area contributed by atoms with E-state index in [2.05, 4.69) is 6.58 Å². The summed E-state index contributed by atoms with van der Waals surface area (Å²) in [5.74, 6) is -9.75. The van der Waals surface area contributed by atoms with Gasteiger partial charge < -0.3 is 52.9 Å². The van der Waals surface area contributed by atoms with Crippen LogP contribution < -0.4 is 0 Å². The minimum Gasteiger partial charge on any atom is -0.472 e. The number of furan rings is 1. The molecule has 16 heteroatoms. The summed E-state index contributed by atoms with van der Waals surface area (Å²) >= 11 is 0. The predicted molar refractivity (Wildman–Crippen MR) is 196 cm³/mol. The van der Waals surface area contributed by atoms with Gasteiger partial charge in [0.1, 0.15) is 30.0 Å². The van der Waals surface area contributed by atoms with Crippen LogP contribution in [0.1, 0.15) is 92.6 Å². The summed E-state index contributed by atoms with van der Waals surface area (Å²) in [5, 5.41) is 36.6. The van der Waals surface area contributed by atoms with Crippen molar-refractivity contribution in [2.24, 2.45) is 28.6 Å². The predicted octanol–water partition coefficient (Wildman–Crippen LogP) is 3.40. The molecule has 5 rings (SSSR count). The van der Waals surface area contributed by atoms with Crippen LogP contribution in [0.5, 0.6) is 0 Å². The fraction of sp³-hybridized carbons (Fsp3) is 0.683. The zero-order valence-corrected chi connectivity index (χ0v) is 34.0. The number of hydrogen-bond donors (Lipinski definition) is 3. The highest BCUT2D eigenvalue weighted by molar-refractivity contribution is 5.88. The molecule has 0 unspecified atom stereocenters. The molecule has 2 bridgehead atoms. The average molecular weight is 805 g/mol. The van der Waals surface area contributed by atoms with E-state index in [1.807, 2.05) is 0 Å². The number of carbonyl (C=O) groups is 5. The van der Waals surface area contributed by atoms with Crippen LogP contribution in [-0.4, -0.2) is 107 Å². The molecule has 4 aliphatic rings. The first-order valence-corrected chi connectivity index (χ1v) is 19.2. The summed E-state index contributed by atoms with van der Waals surface area (Å²) in [6.07, 6.45) is -4.07. The molecule has 2 saturated carbocycles. The highest BCUT2D eigenvalue weighted by atomic mass is 16.9. The van der Waals surface area contributed by atoms with Gasteiger partial charge in [0.25, 0.3) is 12.4 Å². The molecular formula is C41H56O16. The smallest absolute Gasteiger partial charge is 0.335 e. The van der Waals surface area contributed by atoms with Gasteiger partial charge in [-0.2, -0.15) is 0 Å². The second kappa shape index (κ2) is 15.9. The monoisotopic (exact) mass is 804 g/mol. The average Bonchev–Trinajstić information content (AvgIpc) is 3.86. The SMILES string of the molecule is C=C1[C@@H]([C@@]2(C)[C@@H](OC(C)=O)C[C@]3(O)OC[C@@](C)(O3)[C@@H]2CC(=O)OC)[C@@H](OC=O)[C@H](OC(=O)[C@H](O)[C@H](C)CC)[C@@]2(C)[C@H](c3ccoc3)C[C@@H](OC(=O)/C(C)=C/C)[C@]12O. The zero-order chi connectivity index (χ0) is 42.5. The molecule has 316 valence electrons. The van der Waals surface area contributed by atoms with E-state index >= 15 is 0 Å². The Morgan fingerprint density at radius 3 is 2.33 bits per heavy atom. The number of allylic oxidation sites excluding steroid dienone is 1. The molecule has 57 heavy (non-hydrogen) atoms. The molecule has 2 aliphatic heterocycles. The Labute approximate surface area is 331 Å². The summed E-state index contributed by atoms with van der Waals surface area (Å²) in [6.45, 7) is 16.9. The number of aliphatic hydroxyl groups excluding tert-OH is 1. The third kappa shape index (κ3) is 7.10. The van der Waals surface area contributed by atoms with Crippen molar-refractivity contribution in [3.63, 3.8) is 0 Å². The van der Waals surface area contributed by atoms with Gasteiger partial charge in [-0.3, -0.25) is 14.4 Å². The Morgan fingerprint density at radius 1 is 1.09 bits per heavy atom. The molecule has 0 radical (unpaired) electrons. The van der Waals surface area contributed by atoms with Crippen LogP contribution in [0.3, 0.4) is 0 Å². The fourth-order valence-corrected chi connectivity index (χ4v) is 10.1. The van der Waals surface area contributed by atoms with Crippen LogP contribution in [0.4, 0.5) is 0 Å². The Bertz CT molecular complexity index is 1760. The van der Waals surface area contributed by atoms with Gasteiger partial charge in [0.2, 0.25) is 0 Å². The number of aliphatic hydroxyl groups is 3. The number of ether oxygens (including phenoxy) is 7. The van der Waals surface area contributed by atoms with Gasteiger partial charge in [0.15, 0.2) is 6.10 Å². The summed E-state index contributed by atoms with van der Waals surface area (Å²) in [5.41, 5.74) is -6.76. The highest BCUT2D eigenvalue weighted by Gasteiger charge is 2.79. The van der Waals surface area contributed by atoms with Crippen LogP contribution in [0.25, 0.3) is 0 Å². The van der Waals surface area contributed by atoms with Crippen molar-refractivity contribution in [2.75, 3.05) is 13.7 Å². The van der Waals surface area contributed by atoms with Gasteiger partial charge in [0, 0.05) is 35.7 Å². The molecule has 3 heterocycles. The molecule has 2 saturated heterocycles. The third-order valence-electron chi connectivity index (χ3n) is 13.6. The number of carbonyl (C=O) groups excluding carboxylic acids is 5. The maximum atomic E-state index is 14.1. The van der Waals surface area contributed by atoms with Gasteiger partial charge in [-0.25, -0.2) is 9.59 Å². The summed E-state index contributed by atoms with van der Waals surface area (Å²) in [7, 11) is 1.18. The van der Waals surface area contributed by atoms with E-state index in [1.54, 1.807) is 47.6 Å². The number of rotatable bonds is 13. The van der Waals surface area contributed by atoms with Crippen molar-refractivity contribution in [3.05, 3.63) is 48.0 Å². The summed E-state index contributed by atoms with van der Waals surface area (Å²) in [6, 6.07) is 1.64. The maximum Gasteiger partial charge on any atom is 0.335 e. The van der Waals surface area contributed by atoms with Gasteiger partial charge >= 0.3 is 23.9 Å². The lowest BCUT2D eigenvalue weighted by Crippen LogP contribution is -2.72. The van der Waals surface area contributed by atoms with E-state index in [-0.39, 0.29) is 30.6 Å². The summed E-state index contributed by atoms with van der Waals surface area (Å²) in [4.78, 5) is 66.8. The lowest BCUT2D eigenvalue weighted by Gasteiger charge is -2.62. The Kier molecular flexibility index (Phi) is 12.3. The highest BCUT2D eigenvalue weighted by Crippen LogP contribution is 2.70. The first-order chi connectivity index (χ1) is 26.6. The summed E-state index contributed by atoms with van der Waals surface area (Å²) < 4.78 is 46.9. The Balaban J connectivity index is 1.88. The van der Waals surface area contributed by atoms with Gasteiger partial charge in [-0.15, -0.1) is 0 Å². The van der Waals surface area contributed by atoms with Gasteiger partial charge in [-0.05, 0) is 50.3 Å².